The first kappa shape index (κ1) is 11.0. The van der Waals surface area contributed by atoms with E-state index in [1.165, 1.54) is 5.56 Å². The molecule has 3 rings (SSSR count). The first-order chi connectivity index (χ1) is 8.84. The molecule has 0 aliphatic rings. The summed E-state index contributed by atoms with van der Waals surface area (Å²) < 4.78 is 0. The van der Waals surface area contributed by atoms with Gasteiger partial charge >= 0.3 is 0 Å². The second kappa shape index (κ2) is 4.63. The Morgan fingerprint density at radius 1 is 1.11 bits per heavy atom. The Morgan fingerprint density at radius 2 is 1.94 bits per heavy atom. The zero-order valence-corrected chi connectivity index (χ0v) is 10.0. The van der Waals surface area contributed by atoms with E-state index < -0.39 is 0 Å². The molecular formula is C15H15N3. The SMILES string of the molecule is NC(Cc1c[nH]c2ncccc12)c1ccccc1. The van der Waals surface area contributed by atoms with Crippen molar-refractivity contribution in [2.24, 2.45) is 5.73 Å². The number of nitrogens with one attached hydrogen (secondary N) is 1. The van der Waals surface area contributed by atoms with Crippen molar-refractivity contribution in [3.8, 4) is 0 Å². The molecular weight excluding hydrogens is 222 g/mol. The Bertz CT molecular complexity index is 643. The van der Waals surface area contributed by atoms with E-state index in [9.17, 15) is 0 Å². The Labute approximate surface area is 106 Å². The Morgan fingerprint density at radius 3 is 2.78 bits per heavy atom. The van der Waals surface area contributed by atoms with Crippen LogP contribution in [0.25, 0.3) is 11.0 Å². The summed E-state index contributed by atoms with van der Waals surface area (Å²) in [7, 11) is 0. The first-order valence-corrected chi connectivity index (χ1v) is 6.06. The fourth-order valence-corrected chi connectivity index (χ4v) is 2.24. The van der Waals surface area contributed by atoms with Gasteiger partial charge in [0.05, 0.1) is 0 Å². The van der Waals surface area contributed by atoms with Crippen LogP contribution in [0.15, 0.2) is 54.9 Å². The second-order valence-corrected chi connectivity index (χ2v) is 4.43. The van der Waals surface area contributed by atoms with Crippen LogP contribution in [0.4, 0.5) is 0 Å². The van der Waals surface area contributed by atoms with Crippen LogP contribution in [0, 0.1) is 0 Å². The minimum absolute atomic E-state index is 0.0189. The number of nitrogens with zero attached hydrogens (tertiary/aromatic N) is 1. The third-order valence-corrected chi connectivity index (χ3v) is 3.20. The molecule has 18 heavy (non-hydrogen) atoms. The van der Waals surface area contributed by atoms with Crippen LogP contribution in [0.1, 0.15) is 17.2 Å². The van der Waals surface area contributed by atoms with Gasteiger partial charge in [-0.05, 0) is 29.7 Å². The van der Waals surface area contributed by atoms with E-state index >= 15 is 0 Å². The smallest absolute Gasteiger partial charge is 0.137 e. The lowest BCUT2D eigenvalue weighted by Gasteiger charge is -2.11. The summed E-state index contributed by atoms with van der Waals surface area (Å²) in [4.78, 5) is 7.46. The second-order valence-electron chi connectivity index (χ2n) is 4.43. The maximum atomic E-state index is 6.24. The maximum Gasteiger partial charge on any atom is 0.137 e. The predicted molar refractivity (Wildman–Crippen MR) is 73.2 cm³/mol. The third-order valence-electron chi connectivity index (χ3n) is 3.20. The van der Waals surface area contributed by atoms with Gasteiger partial charge in [0.15, 0.2) is 0 Å². The van der Waals surface area contributed by atoms with Crippen LogP contribution in [0.2, 0.25) is 0 Å². The van der Waals surface area contributed by atoms with Crippen LogP contribution in [-0.2, 0) is 6.42 Å². The monoisotopic (exact) mass is 237 g/mol. The average molecular weight is 237 g/mol. The van der Waals surface area contributed by atoms with Gasteiger partial charge < -0.3 is 10.7 Å². The highest BCUT2D eigenvalue weighted by molar-refractivity contribution is 5.79. The van der Waals surface area contributed by atoms with E-state index in [4.69, 9.17) is 5.73 Å². The van der Waals surface area contributed by atoms with Crippen molar-refractivity contribution >= 4 is 11.0 Å². The number of benzene rings is 1. The zero-order chi connectivity index (χ0) is 12.4. The van der Waals surface area contributed by atoms with Crippen molar-refractivity contribution < 1.29 is 0 Å². The van der Waals surface area contributed by atoms with Gasteiger partial charge in [-0.15, -0.1) is 0 Å². The van der Waals surface area contributed by atoms with Crippen LogP contribution in [0.3, 0.4) is 0 Å². The van der Waals surface area contributed by atoms with Crippen LogP contribution in [0.5, 0.6) is 0 Å². The molecule has 0 aliphatic heterocycles. The molecule has 1 atom stereocenters. The molecule has 0 amide bonds. The molecule has 0 saturated carbocycles. The van der Waals surface area contributed by atoms with E-state index in [1.54, 1.807) is 6.20 Å². The third kappa shape index (κ3) is 2.00. The van der Waals surface area contributed by atoms with E-state index in [0.717, 1.165) is 23.0 Å². The van der Waals surface area contributed by atoms with Gasteiger partial charge in [-0.2, -0.15) is 0 Å². The van der Waals surface area contributed by atoms with Gasteiger partial charge in [-0.25, -0.2) is 4.98 Å². The quantitative estimate of drug-likeness (QED) is 0.736. The molecule has 1 aromatic carbocycles. The summed E-state index contributed by atoms with van der Waals surface area (Å²) in [6.07, 6.45) is 4.61. The minimum atomic E-state index is 0.0189. The molecule has 1 unspecified atom stereocenters. The number of hydrogen-bond donors (Lipinski definition) is 2. The van der Waals surface area contributed by atoms with E-state index in [-0.39, 0.29) is 6.04 Å². The standard InChI is InChI=1S/C15H15N3/c16-14(11-5-2-1-3-6-11)9-12-10-18-15-13(12)7-4-8-17-15/h1-8,10,14H,9,16H2,(H,17,18). The van der Waals surface area contributed by atoms with E-state index in [2.05, 4.69) is 28.2 Å². The average Bonchev–Trinajstić information content (AvgIpc) is 2.83. The molecule has 0 fully saturated rings. The summed E-state index contributed by atoms with van der Waals surface area (Å²) in [5, 5.41) is 1.16. The highest BCUT2D eigenvalue weighted by Gasteiger charge is 2.10. The van der Waals surface area contributed by atoms with Crippen molar-refractivity contribution in [3.63, 3.8) is 0 Å². The minimum Gasteiger partial charge on any atom is -0.346 e. The molecule has 2 heterocycles. The van der Waals surface area contributed by atoms with Crippen LogP contribution in [-0.4, -0.2) is 9.97 Å². The number of aromatic nitrogens is 2. The van der Waals surface area contributed by atoms with Gasteiger partial charge in [0.1, 0.15) is 5.65 Å². The van der Waals surface area contributed by atoms with Crippen molar-refractivity contribution in [1.29, 1.82) is 0 Å². The van der Waals surface area contributed by atoms with Gasteiger partial charge in [-0.1, -0.05) is 30.3 Å². The Hall–Kier alpha value is -2.13. The molecule has 90 valence electrons. The lowest BCUT2D eigenvalue weighted by Crippen LogP contribution is -2.12. The van der Waals surface area contributed by atoms with E-state index in [0.29, 0.717) is 0 Å². The lowest BCUT2D eigenvalue weighted by molar-refractivity contribution is 0.725. The number of nitrogens with two attached hydrogens (primary N) is 1. The molecule has 0 radical (unpaired) electrons. The number of aromatic amines is 1. The summed E-state index contributed by atoms with van der Waals surface area (Å²) in [6, 6.07) is 14.2. The zero-order valence-electron chi connectivity index (χ0n) is 10.0. The Kier molecular flexibility index (Phi) is 2.82. The molecule has 0 saturated heterocycles. The lowest BCUT2D eigenvalue weighted by atomic mass is 10.00. The normalized spacial score (nSPS) is 12.7. The van der Waals surface area contributed by atoms with Gasteiger partial charge in [0.2, 0.25) is 0 Å². The summed E-state index contributed by atoms with van der Waals surface area (Å²) in [5.41, 5.74) is 9.55. The van der Waals surface area contributed by atoms with Crippen molar-refractivity contribution in [2.45, 2.75) is 12.5 Å². The summed E-state index contributed by atoms with van der Waals surface area (Å²) in [6.45, 7) is 0. The topological polar surface area (TPSA) is 54.7 Å². The molecule has 0 aliphatic carbocycles. The first-order valence-electron chi connectivity index (χ1n) is 6.06. The van der Waals surface area contributed by atoms with Gasteiger partial charge in [0, 0.05) is 23.8 Å². The molecule has 3 N–H and O–H groups in total. The summed E-state index contributed by atoms with van der Waals surface area (Å²) in [5.74, 6) is 0. The van der Waals surface area contributed by atoms with Crippen LogP contribution >= 0.6 is 0 Å². The van der Waals surface area contributed by atoms with E-state index in [1.807, 2.05) is 30.5 Å². The molecule has 3 nitrogen and oxygen atoms in total. The summed E-state index contributed by atoms with van der Waals surface area (Å²) >= 11 is 0. The number of rotatable bonds is 3. The number of hydrogen-bond acceptors (Lipinski definition) is 2. The van der Waals surface area contributed by atoms with Crippen LogP contribution < -0.4 is 5.73 Å². The van der Waals surface area contributed by atoms with Gasteiger partial charge in [0.25, 0.3) is 0 Å². The van der Waals surface area contributed by atoms with Crippen molar-refractivity contribution in [2.75, 3.05) is 0 Å². The van der Waals surface area contributed by atoms with Crippen molar-refractivity contribution in [3.05, 3.63) is 66.0 Å². The predicted octanol–water partition coefficient (Wildman–Crippen LogP) is 2.81. The highest BCUT2D eigenvalue weighted by atomic mass is 14.8. The number of pyridine rings is 1. The fraction of sp³-hybridized carbons (Fsp3) is 0.133. The molecule has 3 aromatic rings. The van der Waals surface area contributed by atoms with Crippen molar-refractivity contribution in [1.82, 2.24) is 9.97 Å². The molecule has 0 spiro atoms. The molecule has 3 heteroatoms. The fourth-order valence-electron chi connectivity index (χ4n) is 2.24. The maximum absolute atomic E-state index is 6.24. The van der Waals surface area contributed by atoms with Gasteiger partial charge in [-0.3, -0.25) is 0 Å². The number of fused-ring (bicyclic) bond motifs is 1. The number of H-pyrrole nitrogens is 1. The Balaban J connectivity index is 1.89. The highest BCUT2D eigenvalue weighted by Crippen LogP contribution is 2.21. The molecule has 0 bridgehead atoms. The molecule has 2 aromatic heterocycles. The largest absolute Gasteiger partial charge is 0.346 e.